The number of hydrogen-bond donors (Lipinski definition) is 1. The molecule has 1 aliphatic carbocycles. The molecule has 0 aromatic rings. The Morgan fingerprint density at radius 1 is 1.29 bits per heavy atom. The third kappa shape index (κ3) is 4.80. The molecule has 0 saturated heterocycles. The molecule has 3 heteroatoms. The van der Waals surface area contributed by atoms with Crippen LogP contribution >= 0.6 is 11.8 Å². The molecule has 17 heavy (non-hydrogen) atoms. The van der Waals surface area contributed by atoms with Gasteiger partial charge in [0, 0.05) is 17.3 Å². The van der Waals surface area contributed by atoms with E-state index in [0.717, 1.165) is 0 Å². The Hall–Kier alpha value is 0.270. The van der Waals surface area contributed by atoms with Gasteiger partial charge in [0.2, 0.25) is 0 Å². The Balaban J connectivity index is 2.36. The molecule has 1 aliphatic rings. The van der Waals surface area contributed by atoms with Crippen LogP contribution in [0.2, 0.25) is 0 Å². The molecule has 102 valence electrons. The summed E-state index contributed by atoms with van der Waals surface area (Å²) >= 11 is 1.95. The Morgan fingerprint density at radius 3 is 2.47 bits per heavy atom. The topological polar surface area (TPSA) is 15.3 Å². The molecule has 1 saturated carbocycles. The van der Waals surface area contributed by atoms with Crippen molar-refractivity contribution in [2.24, 2.45) is 0 Å². The van der Waals surface area contributed by atoms with Crippen LogP contribution in [0.4, 0.5) is 0 Å². The molecule has 0 bridgehead atoms. The zero-order chi connectivity index (χ0) is 12.7. The van der Waals surface area contributed by atoms with Crippen LogP contribution in [-0.2, 0) is 0 Å². The van der Waals surface area contributed by atoms with E-state index in [1.807, 2.05) is 11.8 Å². The molecule has 1 unspecified atom stereocenters. The minimum absolute atomic E-state index is 0.436. The van der Waals surface area contributed by atoms with Crippen molar-refractivity contribution >= 4 is 11.8 Å². The Morgan fingerprint density at radius 2 is 1.94 bits per heavy atom. The molecule has 0 aliphatic heterocycles. The molecule has 0 amide bonds. The quantitative estimate of drug-likeness (QED) is 0.756. The first-order valence-corrected chi connectivity index (χ1v) is 8.41. The van der Waals surface area contributed by atoms with Crippen LogP contribution < -0.4 is 5.32 Å². The summed E-state index contributed by atoms with van der Waals surface area (Å²) in [4.78, 5) is 2.52. The van der Waals surface area contributed by atoms with E-state index in [0.29, 0.717) is 11.6 Å². The van der Waals surface area contributed by atoms with Gasteiger partial charge in [-0.1, -0.05) is 19.3 Å². The van der Waals surface area contributed by atoms with Crippen molar-refractivity contribution in [3.63, 3.8) is 0 Å². The van der Waals surface area contributed by atoms with Crippen LogP contribution in [0.1, 0.15) is 45.4 Å². The van der Waals surface area contributed by atoms with Crippen LogP contribution in [0.5, 0.6) is 0 Å². The van der Waals surface area contributed by atoms with Gasteiger partial charge in [-0.25, -0.2) is 0 Å². The van der Waals surface area contributed by atoms with Crippen LogP contribution in [0, 0.1) is 0 Å². The fourth-order valence-electron chi connectivity index (χ4n) is 2.83. The van der Waals surface area contributed by atoms with Crippen LogP contribution in [0.25, 0.3) is 0 Å². The molecule has 0 radical (unpaired) electrons. The number of nitrogens with zero attached hydrogens (tertiary/aromatic N) is 1. The maximum absolute atomic E-state index is 3.61. The van der Waals surface area contributed by atoms with Gasteiger partial charge >= 0.3 is 0 Å². The van der Waals surface area contributed by atoms with Crippen LogP contribution in [-0.4, -0.2) is 49.1 Å². The Kier molecular flexibility index (Phi) is 6.90. The Bertz CT molecular complexity index is 202. The van der Waals surface area contributed by atoms with E-state index in [-0.39, 0.29) is 0 Å². The summed E-state index contributed by atoms with van der Waals surface area (Å²) in [6.45, 7) is 3.56. The molecule has 2 nitrogen and oxygen atoms in total. The minimum atomic E-state index is 0.436. The third-order valence-electron chi connectivity index (χ3n) is 4.44. The van der Waals surface area contributed by atoms with Gasteiger partial charge in [0.05, 0.1) is 0 Å². The molecule has 1 N–H and O–H groups in total. The van der Waals surface area contributed by atoms with E-state index in [1.165, 1.54) is 50.8 Å². The first-order valence-electron chi connectivity index (χ1n) is 7.01. The lowest BCUT2D eigenvalue weighted by atomic mass is 9.79. The fraction of sp³-hybridized carbons (Fsp3) is 1.00. The molecular formula is C14H30N2S. The first kappa shape index (κ1) is 15.3. The summed E-state index contributed by atoms with van der Waals surface area (Å²) < 4.78 is 0. The van der Waals surface area contributed by atoms with Crippen molar-refractivity contribution in [3.8, 4) is 0 Å². The second-order valence-electron chi connectivity index (χ2n) is 5.63. The van der Waals surface area contributed by atoms with E-state index in [4.69, 9.17) is 0 Å². The maximum atomic E-state index is 3.61. The van der Waals surface area contributed by atoms with E-state index in [1.54, 1.807) is 0 Å². The predicted octanol–water partition coefficient (Wildman–Crippen LogP) is 2.98. The predicted molar refractivity (Wildman–Crippen MR) is 80.0 cm³/mol. The lowest BCUT2D eigenvalue weighted by Gasteiger charge is -2.39. The van der Waals surface area contributed by atoms with Gasteiger partial charge in [-0.15, -0.1) is 0 Å². The fourth-order valence-corrected chi connectivity index (χ4v) is 3.57. The van der Waals surface area contributed by atoms with E-state index in [9.17, 15) is 0 Å². The highest BCUT2D eigenvalue weighted by molar-refractivity contribution is 7.98. The van der Waals surface area contributed by atoms with Crippen molar-refractivity contribution in [3.05, 3.63) is 0 Å². The van der Waals surface area contributed by atoms with Gasteiger partial charge in [0.15, 0.2) is 0 Å². The maximum Gasteiger partial charge on any atom is 0.0190 e. The van der Waals surface area contributed by atoms with Crippen molar-refractivity contribution in [2.45, 2.75) is 57.0 Å². The molecule has 1 rings (SSSR count). The summed E-state index contributed by atoms with van der Waals surface area (Å²) in [5.74, 6) is 1.24. The van der Waals surface area contributed by atoms with Crippen molar-refractivity contribution in [1.82, 2.24) is 10.2 Å². The summed E-state index contributed by atoms with van der Waals surface area (Å²) in [7, 11) is 4.42. The van der Waals surface area contributed by atoms with E-state index < -0.39 is 0 Å². The number of nitrogens with one attached hydrogen (secondary N) is 1. The van der Waals surface area contributed by atoms with Gasteiger partial charge in [-0.05, 0) is 53.1 Å². The van der Waals surface area contributed by atoms with Crippen LogP contribution in [0.15, 0.2) is 0 Å². The molecule has 0 spiro atoms. The zero-order valence-electron chi connectivity index (χ0n) is 12.1. The van der Waals surface area contributed by atoms with Crippen molar-refractivity contribution < 1.29 is 0 Å². The largest absolute Gasteiger partial charge is 0.314 e. The molecule has 0 aromatic carbocycles. The summed E-state index contributed by atoms with van der Waals surface area (Å²) in [6.07, 6.45) is 10.5. The highest BCUT2D eigenvalue weighted by Crippen LogP contribution is 2.30. The third-order valence-corrected chi connectivity index (χ3v) is 5.26. The molecule has 1 atom stereocenters. The molecule has 1 fully saturated rings. The van der Waals surface area contributed by atoms with Gasteiger partial charge in [0.1, 0.15) is 0 Å². The van der Waals surface area contributed by atoms with Gasteiger partial charge in [-0.3, -0.25) is 0 Å². The summed E-state index contributed by atoms with van der Waals surface area (Å²) in [5.41, 5.74) is 0.436. The summed E-state index contributed by atoms with van der Waals surface area (Å²) in [5, 5.41) is 3.61. The van der Waals surface area contributed by atoms with E-state index >= 15 is 0 Å². The minimum Gasteiger partial charge on any atom is -0.314 e. The zero-order valence-corrected chi connectivity index (χ0v) is 12.9. The average molecular weight is 258 g/mol. The lowest BCUT2D eigenvalue weighted by Crippen LogP contribution is -2.47. The Labute approximate surface area is 112 Å². The smallest absolute Gasteiger partial charge is 0.0190 e. The monoisotopic (exact) mass is 258 g/mol. The molecule has 0 aromatic heterocycles. The molecule has 0 heterocycles. The highest BCUT2D eigenvalue weighted by atomic mass is 32.2. The SMILES string of the molecule is CNC1(CCN(C)C(C)CSC)CCCCC1. The number of rotatable bonds is 7. The summed E-state index contributed by atoms with van der Waals surface area (Å²) in [6, 6.07) is 0.697. The van der Waals surface area contributed by atoms with Crippen molar-refractivity contribution in [2.75, 3.05) is 32.6 Å². The van der Waals surface area contributed by atoms with Crippen LogP contribution in [0.3, 0.4) is 0 Å². The average Bonchev–Trinajstić information content (AvgIpc) is 2.37. The van der Waals surface area contributed by atoms with Crippen molar-refractivity contribution in [1.29, 1.82) is 0 Å². The highest BCUT2D eigenvalue weighted by Gasteiger charge is 2.30. The first-order chi connectivity index (χ1) is 8.13. The van der Waals surface area contributed by atoms with E-state index in [2.05, 4.69) is 37.5 Å². The standard InChI is InChI=1S/C14H30N2S/c1-13(12-17-4)16(3)11-10-14(15-2)8-6-5-7-9-14/h13,15H,5-12H2,1-4H3. The lowest BCUT2D eigenvalue weighted by molar-refractivity contribution is 0.183. The normalized spacial score (nSPS) is 21.7. The number of thioether (sulfide) groups is 1. The van der Waals surface area contributed by atoms with Gasteiger partial charge in [-0.2, -0.15) is 11.8 Å². The molecular weight excluding hydrogens is 228 g/mol. The second-order valence-corrected chi connectivity index (χ2v) is 6.54. The second kappa shape index (κ2) is 7.65. The number of hydrogen-bond acceptors (Lipinski definition) is 3. The van der Waals surface area contributed by atoms with Gasteiger partial charge in [0.25, 0.3) is 0 Å². The van der Waals surface area contributed by atoms with Gasteiger partial charge < -0.3 is 10.2 Å².